The molecule has 0 radical (unpaired) electrons. The highest BCUT2D eigenvalue weighted by Crippen LogP contribution is 2.24. The van der Waals surface area contributed by atoms with Gasteiger partial charge in [0.1, 0.15) is 0 Å². The number of halogens is 1. The Morgan fingerprint density at radius 1 is 1.21 bits per heavy atom. The number of nitrogens with one attached hydrogen (secondary N) is 1. The average molecular weight is 344 g/mol. The van der Waals surface area contributed by atoms with E-state index in [0.29, 0.717) is 23.7 Å². The van der Waals surface area contributed by atoms with Crippen LogP contribution in [0.25, 0.3) is 0 Å². The van der Waals surface area contributed by atoms with Crippen LogP contribution in [0, 0.1) is 6.92 Å². The molecule has 0 spiro atoms. The number of carbonyl (C=O) groups is 2. The maximum atomic E-state index is 12.6. The van der Waals surface area contributed by atoms with E-state index in [1.807, 2.05) is 19.1 Å². The molecule has 1 N–H and O–H groups in total. The highest BCUT2D eigenvalue weighted by atomic mass is 35.5. The van der Waals surface area contributed by atoms with Crippen molar-refractivity contribution in [1.29, 1.82) is 0 Å². The normalized spacial score (nSPS) is 13.8. The zero-order valence-electron chi connectivity index (χ0n) is 13.5. The van der Waals surface area contributed by atoms with Crippen molar-refractivity contribution in [2.75, 3.05) is 29.9 Å². The topological polar surface area (TPSA) is 52.7 Å². The first kappa shape index (κ1) is 16.3. The predicted molar refractivity (Wildman–Crippen MR) is 96.1 cm³/mol. The van der Waals surface area contributed by atoms with Crippen LogP contribution in [0.2, 0.25) is 5.02 Å². The molecule has 0 atom stereocenters. The minimum Gasteiger partial charge on any atom is -0.336 e. The van der Waals surface area contributed by atoms with E-state index in [9.17, 15) is 9.59 Å². The van der Waals surface area contributed by atoms with E-state index in [0.717, 1.165) is 16.9 Å². The smallest absolute Gasteiger partial charge is 0.321 e. The lowest BCUT2D eigenvalue weighted by Gasteiger charge is -2.19. The number of carbonyl (C=O) groups excluding carboxylic acids is 2. The predicted octanol–water partition coefficient (Wildman–Crippen LogP) is 3.45. The Balaban J connectivity index is 1.79. The van der Waals surface area contributed by atoms with Crippen LogP contribution in [0.1, 0.15) is 15.9 Å². The molecule has 1 aliphatic rings. The van der Waals surface area contributed by atoms with Gasteiger partial charge in [0.25, 0.3) is 5.91 Å². The SMILES string of the molecule is Cc1ccc(N(C)C(=O)c2ccc(N3CCNC3=O)cc2)cc1Cl. The van der Waals surface area contributed by atoms with E-state index in [2.05, 4.69) is 5.32 Å². The molecule has 0 aliphatic carbocycles. The molecule has 3 amide bonds. The van der Waals surface area contributed by atoms with Gasteiger partial charge in [0.15, 0.2) is 0 Å². The van der Waals surface area contributed by atoms with Crippen LogP contribution in [-0.4, -0.2) is 32.1 Å². The molecule has 0 bridgehead atoms. The lowest BCUT2D eigenvalue weighted by molar-refractivity contribution is 0.0993. The molecule has 1 aliphatic heterocycles. The largest absolute Gasteiger partial charge is 0.336 e. The molecule has 2 aromatic carbocycles. The second-order valence-electron chi connectivity index (χ2n) is 5.73. The fourth-order valence-electron chi connectivity index (χ4n) is 2.60. The quantitative estimate of drug-likeness (QED) is 0.928. The van der Waals surface area contributed by atoms with Crippen molar-refractivity contribution in [3.05, 3.63) is 58.6 Å². The van der Waals surface area contributed by atoms with Gasteiger partial charge < -0.3 is 10.2 Å². The second kappa shape index (κ2) is 6.53. The molecule has 24 heavy (non-hydrogen) atoms. The molecule has 124 valence electrons. The number of amides is 3. The minimum absolute atomic E-state index is 0.111. The minimum atomic E-state index is -0.132. The Morgan fingerprint density at radius 3 is 2.50 bits per heavy atom. The van der Waals surface area contributed by atoms with E-state index in [1.54, 1.807) is 47.2 Å². The summed E-state index contributed by atoms with van der Waals surface area (Å²) in [5.41, 5.74) is 3.04. The van der Waals surface area contributed by atoms with Crippen LogP contribution in [0.4, 0.5) is 16.2 Å². The van der Waals surface area contributed by atoms with Crippen molar-refractivity contribution in [3.8, 4) is 0 Å². The van der Waals surface area contributed by atoms with Crippen LogP contribution in [0.5, 0.6) is 0 Å². The lowest BCUT2D eigenvalue weighted by atomic mass is 10.1. The van der Waals surface area contributed by atoms with E-state index >= 15 is 0 Å². The molecule has 2 aromatic rings. The number of nitrogens with zero attached hydrogens (tertiary/aromatic N) is 2. The Labute approximate surface area is 145 Å². The number of rotatable bonds is 3. The van der Waals surface area contributed by atoms with Gasteiger partial charge in [0.05, 0.1) is 0 Å². The van der Waals surface area contributed by atoms with Crippen LogP contribution in [-0.2, 0) is 0 Å². The van der Waals surface area contributed by atoms with Crippen LogP contribution < -0.4 is 15.1 Å². The van der Waals surface area contributed by atoms with Gasteiger partial charge in [-0.2, -0.15) is 0 Å². The first-order chi connectivity index (χ1) is 11.5. The van der Waals surface area contributed by atoms with Crippen molar-refractivity contribution >= 4 is 34.9 Å². The summed E-state index contributed by atoms with van der Waals surface area (Å²) in [5.74, 6) is -0.132. The van der Waals surface area contributed by atoms with Gasteiger partial charge in [0, 0.05) is 42.1 Å². The van der Waals surface area contributed by atoms with E-state index in [4.69, 9.17) is 11.6 Å². The first-order valence-corrected chi connectivity index (χ1v) is 8.05. The highest BCUT2D eigenvalue weighted by Gasteiger charge is 2.21. The summed E-state index contributed by atoms with van der Waals surface area (Å²) in [7, 11) is 1.71. The van der Waals surface area contributed by atoms with Gasteiger partial charge in [-0.15, -0.1) is 0 Å². The Morgan fingerprint density at radius 2 is 1.92 bits per heavy atom. The summed E-state index contributed by atoms with van der Waals surface area (Å²) < 4.78 is 0. The number of benzene rings is 2. The Bertz CT molecular complexity index is 789. The number of urea groups is 1. The Hall–Kier alpha value is -2.53. The maximum Gasteiger partial charge on any atom is 0.321 e. The number of aryl methyl sites for hydroxylation is 1. The van der Waals surface area contributed by atoms with Crippen molar-refractivity contribution in [3.63, 3.8) is 0 Å². The van der Waals surface area contributed by atoms with Gasteiger partial charge in [0.2, 0.25) is 0 Å². The summed E-state index contributed by atoms with van der Waals surface area (Å²) in [5, 5.41) is 3.38. The molecule has 1 heterocycles. The fraction of sp³-hybridized carbons (Fsp3) is 0.222. The van der Waals surface area contributed by atoms with E-state index in [1.165, 1.54) is 0 Å². The summed E-state index contributed by atoms with van der Waals surface area (Å²) in [6.45, 7) is 3.19. The molecular formula is C18H18ClN3O2. The molecule has 6 heteroatoms. The monoisotopic (exact) mass is 343 g/mol. The van der Waals surface area contributed by atoms with Gasteiger partial charge in [-0.25, -0.2) is 4.79 Å². The van der Waals surface area contributed by atoms with Gasteiger partial charge in [-0.1, -0.05) is 17.7 Å². The molecule has 0 aromatic heterocycles. The third-order valence-electron chi connectivity index (χ3n) is 4.13. The third kappa shape index (κ3) is 3.08. The maximum absolute atomic E-state index is 12.6. The lowest BCUT2D eigenvalue weighted by Crippen LogP contribution is -2.28. The number of hydrogen-bond donors (Lipinski definition) is 1. The third-order valence-corrected chi connectivity index (χ3v) is 4.54. The van der Waals surface area contributed by atoms with Crippen LogP contribution in [0.3, 0.4) is 0 Å². The zero-order valence-corrected chi connectivity index (χ0v) is 14.3. The van der Waals surface area contributed by atoms with Crippen molar-refractivity contribution in [1.82, 2.24) is 5.32 Å². The van der Waals surface area contributed by atoms with Crippen molar-refractivity contribution in [2.45, 2.75) is 6.92 Å². The van der Waals surface area contributed by atoms with Crippen LogP contribution >= 0.6 is 11.6 Å². The van der Waals surface area contributed by atoms with E-state index < -0.39 is 0 Å². The summed E-state index contributed by atoms with van der Waals surface area (Å²) in [4.78, 5) is 27.5. The molecule has 3 rings (SSSR count). The molecular weight excluding hydrogens is 326 g/mol. The number of anilines is 2. The van der Waals surface area contributed by atoms with Crippen molar-refractivity contribution < 1.29 is 9.59 Å². The van der Waals surface area contributed by atoms with Gasteiger partial charge in [-0.05, 0) is 48.9 Å². The molecule has 1 saturated heterocycles. The van der Waals surface area contributed by atoms with E-state index in [-0.39, 0.29) is 11.9 Å². The second-order valence-corrected chi connectivity index (χ2v) is 6.14. The number of hydrogen-bond acceptors (Lipinski definition) is 2. The Kier molecular flexibility index (Phi) is 4.44. The summed E-state index contributed by atoms with van der Waals surface area (Å²) in [6.07, 6.45) is 0. The fourth-order valence-corrected chi connectivity index (χ4v) is 2.78. The highest BCUT2D eigenvalue weighted by molar-refractivity contribution is 6.31. The van der Waals surface area contributed by atoms with Gasteiger partial charge in [-0.3, -0.25) is 9.69 Å². The van der Waals surface area contributed by atoms with Crippen molar-refractivity contribution in [2.24, 2.45) is 0 Å². The summed E-state index contributed by atoms with van der Waals surface area (Å²) >= 11 is 6.13. The average Bonchev–Trinajstić information content (AvgIpc) is 3.02. The molecule has 5 nitrogen and oxygen atoms in total. The summed E-state index contributed by atoms with van der Waals surface area (Å²) in [6, 6.07) is 12.4. The molecule has 1 fully saturated rings. The zero-order chi connectivity index (χ0) is 17.3. The van der Waals surface area contributed by atoms with Crippen LogP contribution in [0.15, 0.2) is 42.5 Å². The van der Waals surface area contributed by atoms with Gasteiger partial charge >= 0.3 is 6.03 Å². The molecule has 0 saturated carbocycles. The standard InChI is InChI=1S/C18H18ClN3O2/c1-12-3-6-15(11-16(12)19)21(2)17(23)13-4-7-14(8-5-13)22-10-9-20-18(22)24/h3-8,11H,9-10H2,1-2H3,(H,20,24). The molecule has 0 unspecified atom stereocenters. The first-order valence-electron chi connectivity index (χ1n) is 7.67.